The van der Waals surface area contributed by atoms with E-state index in [0.29, 0.717) is 5.88 Å². The molecule has 0 saturated heterocycles. The van der Waals surface area contributed by atoms with Gasteiger partial charge in [0.15, 0.2) is 5.69 Å². The number of hydrogen-bond donors (Lipinski definition) is 0. The zero-order valence-electron chi connectivity index (χ0n) is 10.9. The van der Waals surface area contributed by atoms with Crippen LogP contribution in [0.25, 0.3) is 5.69 Å². The highest BCUT2D eigenvalue weighted by molar-refractivity contribution is 8.07. The zero-order chi connectivity index (χ0) is 14.6. The van der Waals surface area contributed by atoms with Gasteiger partial charge < -0.3 is 13.6 Å². The second-order valence-electron chi connectivity index (χ2n) is 3.63. The first kappa shape index (κ1) is 14.7. The summed E-state index contributed by atoms with van der Waals surface area (Å²) in [5, 5.41) is 13.1. The number of rotatable bonds is 5. The summed E-state index contributed by atoms with van der Waals surface area (Å²) in [6.45, 7) is -2.88. The highest BCUT2D eigenvalue weighted by Crippen LogP contribution is 2.48. The van der Waals surface area contributed by atoms with Gasteiger partial charge in [0.1, 0.15) is 6.07 Å². The number of nitrogens with zero attached hydrogens (tertiary/aromatic N) is 3. The number of nitriles is 1. The van der Waals surface area contributed by atoms with E-state index in [4.69, 9.17) is 30.6 Å². The Morgan fingerprint density at radius 1 is 1.25 bits per heavy atom. The van der Waals surface area contributed by atoms with E-state index in [-0.39, 0.29) is 5.69 Å². The molecule has 0 unspecified atom stereocenters. The summed E-state index contributed by atoms with van der Waals surface area (Å²) >= 11 is 5.16. The fourth-order valence-electron chi connectivity index (χ4n) is 1.50. The van der Waals surface area contributed by atoms with Crippen molar-refractivity contribution in [3.63, 3.8) is 0 Å². The van der Waals surface area contributed by atoms with Crippen LogP contribution in [-0.2, 0) is 20.9 Å². The van der Waals surface area contributed by atoms with Crippen LogP contribution in [0.4, 0.5) is 0 Å². The van der Waals surface area contributed by atoms with E-state index in [0.717, 1.165) is 5.69 Å². The molecular formula is C12H12N3O3PS. The molecule has 104 valence electrons. The summed E-state index contributed by atoms with van der Waals surface area (Å²) in [7, 11) is 2.83. The molecule has 8 heteroatoms. The van der Waals surface area contributed by atoms with Gasteiger partial charge in [0.2, 0.25) is 5.88 Å². The predicted octanol–water partition coefficient (Wildman–Crippen LogP) is 2.64. The monoisotopic (exact) mass is 309 g/mol. The minimum atomic E-state index is -2.88. The van der Waals surface area contributed by atoms with Gasteiger partial charge in [-0.1, -0.05) is 18.2 Å². The number of aromatic nitrogens is 2. The summed E-state index contributed by atoms with van der Waals surface area (Å²) in [6, 6.07) is 12.7. The Morgan fingerprint density at radius 2 is 1.90 bits per heavy atom. The van der Waals surface area contributed by atoms with Gasteiger partial charge in [0, 0.05) is 32.1 Å². The standard InChI is InChI=1S/C12H12N3O3PS/c1-16-19(20,17-2)18-12-8-10(9-13)14-15(12)11-6-4-3-5-7-11/h3-8H,1-2H3. The summed E-state index contributed by atoms with van der Waals surface area (Å²) in [5.41, 5.74) is 0.968. The molecule has 0 amide bonds. The Balaban J connectivity index is 2.46. The predicted molar refractivity (Wildman–Crippen MR) is 77.2 cm³/mol. The number of benzene rings is 1. The molecule has 0 aliphatic rings. The molecule has 2 aromatic rings. The minimum absolute atomic E-state index is 0.220. The lowest BCUT2D eigenvalue weighted by Gasteiger charge is -2.18. The lowest BCUT2D eigenvalue weighted by atomic mass is 10.3. The highest BCUT2D eigenvalue weighted by Gasteiger charge is 2.22. The van der Waals surface area contributed by atoms with Crippen LogP contribution in [0.5, 0.6) is 5.88 Å². The van der Waals surface area contributed by atoms with E-state index in [1.807, 2.05) is 36.4 Å². The number of para-hydroxylation sites is 1. The smallest absolute Gasteiger partial charge is 0.381 e. The molecule has 0 atom stereocenters. The van der Waals surface area contributed by atoms with Crippen molar-refractivity contribution in [2.24, 2.45) is 0 Å². The Kier molecular flexibility index (Phi) is 4.53. The van der Waals surface area contributed by atoms with Crippen LogP contribution in [0.2, 0.25) is 0 Å². The van der Waals surface area contributed by atoms with Gasteiger partial charge in [-0.3, -0.25) is 0 Å². The van der Waals surface area contributed by atoms with Crippen LogP contribution < -0.4 is 4.52 Å². The Bertz CT molecular complexity index is 673. The van der Waals surface area contributed by atoms with Crippen molar-refractivity contribution in [1.29, 1.82) is 5.26 Å². The van der Waals surface area contributed by atoms with Gasteiger partial charge in [-0.05, 0) is 12.1 Å². The first-order valence-corrected chi connectivity index (χ1v) is 8.14. The fourth-order valence-corrected chi connectivity index (χ4v) is 2.39. The first-order valence-electron chi connectivity index (χ1n) is 5.58. The molecule has 6 nitrogen and oxygen atoms in total. The van der Waals surface area contributed by atoms with Gasteiger partial charge >= 0.3 is 6.72 Å². The molecule has 1 heterocycles. The first-order chi connectivity index (χ1) is 9.61. The van der Waals surface area contributed by atoms with Crippen molar-refractivity contribution < 1.29 is 13.6 Å². The van der Waals surface area contributed by atoms with E-state index in [2.05, 4.69) is 5.10 Å². The van der Waals surface area contributed by atoms with Crippen molar-refractivity contribution in [1.82, 2.24) is 9.78 Å². The number of hydrogen-bond acceptors (Lipinski definition) is 6. The maximum absolute atomic E-state index is 8.97. The van der Waals surface area contributed by atoms with Gasteiger partial charge in [-0.15, -0.1) is 0 Å². The van der Waals surface area contributed by atoms with Crippen molar-refractivity contribution in [2.45, 2.75) is 0 Å². The second kappa shape index (κ2) is 6.16. The molecule has 0 spiro atoms. The Morgan fingerprint density at radius 3 is 2.45 bits per heavy atom. The van der Waals surface area contributed by atoms with E-state index in [1.165, 1.54) is 25.0 Å². The maximum atomic E-state index is 8.97. The van der Waals surface area contributed by atoms with E-state index >= 15 is 0 Å². The molecule has 0 fully saturated rings. The molecule has 0 N–H and O–H groups in total. The van der Waals surface area contributed by atoms with Crippen molar-refractivity contribution >= 4 is 18.5 Å². The Labute approximate surface area is 121 Å². The van der Waals surface area contributed by atoms with Gasteiger partial charge in [0.25, 0.3) is 0 Å². The van der Waals surface area contributed by atoms with E-state index in [9.17, 15) is 0 Å². The minimum Gasteiger partial charge on any atom is -0.406 e. The Hall–Kier alpha value is -1.71. The third-order valence-corrected chi connectivity index (χ3v) is 4.87. The quantitative estimate of drug-likeness (QED) is 0.791. The summed E-state index contributed by atoms with van der Waals surface area (Å²) in [6.07, 6.45) is 0. The molecule has 20 heavy (non-hydrogen) atoms. The molecule has 0 aliphatic carbocycles. The van der Waals surface area contributed by atoms with Crippen molar-refractivity contribution in [3.8, 4) is 17.6 Å². The van der Waals surface area contributed by atoms with Gasteiger partial charge in [0.05, 0.1) is 5.69 Å². The summed E-state index contributed by atoms with van der Waals surface area (Å²) in [5.74, 6) is 0.305. The highest BCUT2D eigenvalue weighted by atomic mass is 32.5. The molecule has 0 aliphatic heterocycles. The third kappa shape index (κ3) is 3.06. The van der Waals surface area contributed by atoms with Crippen molar-refractivity contribution in [3.05, 3.63) is 42.1 Å². The fraction of sp³-hybridized carbons (Fsp3) is 0.167. The van der Waals surface area contributed by atoms with Crippen LogP contribution in [-0.4, -0.2) is 24.0 Å². The molecule has 0 saturated carbocycles. The van der Waals surface area contributed by atoms with E-state index < -0.39 is 6.72 Å². The van der Waals surface area contributed by atoms with Crippen LogP contribution in [0.1, 0.15) is 5.69 Å². The zero-order valence-corrected chi connectivity index (χ0v) is 12.6. The molecular weight excluding hydrogens is 297 g/mol. The largest absolute Gasteiger partial charge is 0.406 e. The topological polar surface area (TPSA) is 69.3 Å². The molecule has 1 aromatic carbocycles. The third-order valence-electron chi connectivity index (χ3n) is 2.44. The summed E-state index contributed by atoms with van der Waals surface area (Å²) in [4.78, 5) is 0. The normalized spacial score (nSPS) is 11.1. The van der Waals surface area contributed by atoms with Crippen molar-refractivity contribution in [2.75, 3.05) is 14.2 Å². The van der Waals surface area contributed by atoms with Crippen LogP contribution >= 0.6 is 6.72 Å². The average Bonchev–Trinajstić information content (AvgIpc) is 2.90. The average molecular weight is 309 g/mol. The molecule has 0 bridgehead atoms. The SMILES string of the molecule is COP(=S)(OC)Oc1cc(C#N)nn1-c1ccccc1. The van der Waals surface area contributed by atoms with Crippen LogP contribution in [0.3, 0.4) is 0 Å². The van der Waals surface area contributed by atoms with E-state index in [1.54, 1.807) is 0 Å². The summed E-state index contributed by atoms with van der Waals surface area (Å²) < 4.78 is 17.2. The van der Waals surface area contributed by atoms with Gasteiger partial charge in [-0.25, -0.2) is 0 Å². The lowest BCUT2D eigenvalue weighted by Crippen LogP contribution is -2.03. The molecule has 0 radical (unpaired) electrons. The van der Waals surface area contributed by atoms with Crippen LogP contribution in [0.15, 0.2) is 36.4 Å². The van der Waals surface area contributed by atoms with Gasteiger partial charge in [-0.2, -0.15) is 15.0 Å². The molecule has 1 aromatic heterocycles. The molecule has 2 rings (SSSR count). The second-order valence-corrected chi connectivity index (χ2v) is 6.78. The lowest BCUT2D eigenvalue weighted by molar-refractivity contribution is 0.268. The maximum Gasteiger partial charge on any atom is 0.381 e. The van der Waals surface area contributed by atoms with Crippen LogP contribution in [0, 0.1) is 11.3 Å².